The number of hydrogen-bond donors (Lipinski definition) is 0. The fourth-order valence-corrected chi connectivity index (χ4v) is 6.07. The Hall–Kier alpha value is -0.783. The molecule has 1 nitrogen and oxygen atoms in total. The van der Waals surface area contributed by atoms with Crippen LogP contribution in [-0.2, 0) is 4.43 Å². The van der Waals surface area contributed by atoms with Crippen molar-refractivity contribution in [3.63, 3.8) is 0 Å². The molecule has 0 rings (SSSR count). The molecule has 126 valence electrons. The van der Waals surface area contributed by atoms with E-state index in [4.69, 9.17) is 4.43 Å². The van der Waals surface area contributed by atoms with Crippen molar-refractivity contribution in [3.05, 3.63) is 25.3 Å². The molecule has 0 aromatic rings. The second kappa shape index (κ2) is 11.7. The maximum atomic E-state index is 6.90. The van der Waals surface area contributed by atoms with Crippen LogP contribution in [0.15, 0.2) is 25.3 Å². The van der Waals surface area contributed by atoms with Gasteiger partial charge in [-0.15, -0.1) is 19.1 Å². The van der Waals surface area contributed by atoms with Gasteiger partial charge in [-0.1, -0.05) is 38.8 Å². The SMILES string of the molecule is C=CCCCC(C#CC)(CCCC=C)O[Si](CC)(CC)CC. The molecule has 0 bridgehead atoms. The minimum absolute atomic E-state index is 0.255. The van der Waals surface area contributed by atoms with Crippen LogP contribution in [-0.4, -0.2) is 13.9 Å². The number of allylic oxidation sites excluding steroid dienone is 2. The Morgan fingerprint density at radius 3 is 1.73 bits per heavy atom. The molecule has 0 aromatic heterocycles. The molecule has 2 heteroatoms. The van der Waals surface area contributed by atoms with Crippen LogP contribution >= 0.6 is 0 Å². The molecule has 0 amide bonds. The molecule has 0 heterocycles. The van der Waals surface area contributed by atoms with Crippen molar-refractivity contribution < 1.29 is 4.43 Å². The van der Waals surface area contributed by atoms with Gasteiger partial charge in [0, 0.05) is 0 Å². The van der Waals surface area contributed by atoms with Crippen LogP contribution in [0.2, 0.25) is 18.1 Å². The summed E-state index contributed by atoms with van der Waals surface area (Å²) in [6.07, 6.45) is 10.3. The summed E-state index contributed by atoms with van der Waals surface area (Å²) in [5.74, 6) is 6.62. The number of hydrogen-bond acceptors (Lipinski definition) is 1. The molecule has 0 atom stereocenters. The van der Waals surface area contributed by atoms with E-state index in [1.807, 2.05) is 19.1 Å². The summed E-state index contributed by atoms with van der Waals surface area (Å²) in [5, 5.41) is 0. The summed E-state index contributed by atoms with van der Waals surface area (Å²) >= 11 is 0. The maximum absolute atomic E-state index is 6.90. The Bertz CT molecular complexity index is 349. The fourth-order valence-electron chi connectivity index (χ4n) is 3.05. The lowest BCUT2D eigenvalue weighted by atomic mass is 9.91. The summed E-state index contributed by atoms with van der Waals surface area (Å²) in [4.78, 5) is 0. The third-order valence-corrected chi connectivity index (χ3v) is 9.37. The Morgan fingerprint density at radius 1 is 0.955 bits per heavy atom. The molecule has 0 saturated carbocycles. The molecule has 0 unspecified atom stereocenters. The van der Waals surface area contributed by atoms with Gasteiger partial charge in [0.05, 0.1) is 0 Å². The summed E-state index contributed by atoms with van der Waals surface area (Å²) < 4.78 is 6.90. The standard InChI is InChI=1S/C20H36OSi/c1-7-13-15-18-20(17-9-3,19-16-14-8-2)21-22(10-4,11-5)12-6/h7-8H,1-2,10-16,18-19H2,3-6H3. The van der Waals surface area contributed by atoms with Gasteiger partial charge in [-0.3, -0.25) is 0 Å². The van der Waals surface area contributed by atoms with Gasteiger partial charge >= 0.3 is 0 Å². The van der Waals surface area contributed by atoms with E-state index in [-0.39, 0.29) is 5.60 Å². The van der Waals surface area contributed by atoms with E-state index >= 15 is 0 Å². The van der Waals surface area contributed by atoms with Crippen molar-refractivity contribution in [2.75, 3.05) is 0 Å². The summed E-state index contributed by atoms with van der Waals surface area (Å²) in [6.45, 7) is 16.5. The van der Waals surface area contributed by atoms with Gasteiger partial charge in [-0.05, 0) is 63.6 Å². The first-order valence-corrected chi connectivity index (χ1v) is 11.5. The molecule has 0 aliphatic heterocycles. The van der Waals surface area contributed by atoms with Crippen LogP contribution in [0.4, 0.5) is 0 Å². The van der Waals surface area contributed by atoms with Gasteiger partial charge in [0.25, 0.3) is 0 Å². The van der Waals surface area contributed by atoms with Crippen LogP contribution in [0, 0.1) is 11.8 Å². The highest BCUT2D eigenvalue weighted by Crippen LogP contribution is 2.34. The smallest absolute Gasteiger partial charge is 0.194 e. The Morgan fingerprint density at radius 2 is 1.41 bits per heavy atom. The lowest BCUT2D eigenvalue weighted by molar-refractivity contribution is 0.0925. The first-order chi connectivity index (χ1) is 10.6. The summed E-state index contributed by atoms with van der Waals surface area (Å²) in [5.41, 5.74) is -0.255. The highest BCUT2D eigenvalue weighted by Gasteiger charge is 2.39. The van der Waals surface area contributed by atoms with Gasteiger partial charge < -0.3 is 4.43 Å². The minimum atomic E-state index is -1.66. The molecule has 0 saturated heterocycles. The van der Waals surface area contributed by atoms with Crippen molar-refractivity contribution >= 4 is 8.32 Å². The average molecular weight is 321 g/mol. The van der Waals surface area contributed by atoms with Crippen molar-refractivity contribution in [2.45, 2.75) is 90.0 Å². The van der Waals surface area contributed by atoms with E-state index in [9.17, 15) is 0 Å². The van der Waals surface area contributed by atoms with E-state index in [1.54, 1.807) is 0 Å². The minimum Gasteiger partial charge on any atom is -0.401 e. The van der Waals surface area contributed by atoms with E-state index in [0.29, 0.717) is 0 Å². The largest absolute Gasteiger partial charge is 0.401 e. The third-order valence-electron chi connectivity index (χ3n) is 4.68. The van der Waals surface area contributed by atoms with Crippen LogP contribution in [0.3, 0.4) is 0 Å². The van der Waals surface area contributed by atoms with E-state index in [1.165, 1.54) is 18.1 Å². The summed E-state index contributed by atoms with van der Waals surface area (Å²) in [6, 6.07) is 3.53. The Balaban J connectivity index is 5.31. The normalized spacial score (nSPS) is 11.6. The monoisotopic (exact) mass is 320 g/mol. The first-order valence-electron chi connectivity index (χ1n) is 8.93. The molecular formula is C20H36OSi. The molecule has 0 N–H and O–H groups in total. The topological polar surface area (TPSA) is 9.23 Å². The molecule has 0 spiro atoms. The predicted octanol–water partition coefficient (Wildman–Crippen LogP) is 6.48. The van der Waals surface area contributed by atoms with Crippen LogP contribution in [0.25, 0.3) is 0 Å². The van der Waals surface area contributed by atoms with Gasteiger partial charge in [0.2, 0.25) is 0 Å². The van der Waals surface area contributed by atoms with Gasteiger partial charge in [0.15, 0.2) is 8.32 Å². The van der Waals surface area contributed by atoms with Gasteiger partial charge in [0.1, 0.15) is 5.60 Å². The van der Waals surface area contributed by atoms with Gasteiger partial charge in [-0.25, -0.2) is 0 Å². The summed E-state index contributed by atoms with van der Waals surface area (Å²) in [7, 11) is -1.66. The predicted molar refractivity (Wildman–Crippen MR) is 103 cm³/mol. The lowest BCUT2D eigenvalue weighted by Crippen LogP contribution is -2.46. The van der Waals surface area contributed by atoms with Crippen molar-refractivity contribution in [3.8, 4) is 11.8 Å². The van der Waals surface area contributed by atoms with Crippen molar-refractivity contribution in [1.82, 2.24) is 0 Å². The third kappa shape index (κ3) is 6.98. The second-order valence-electron chi connectivity index (χ2n) is 6.08. The average Bonchev–Trinajstić information content (AvgIpc) is 2.54. The zero-order valence-corrected chi connectivity index (χ0v) is 16.3. The van der Waals surface area contributed by atoms with E-state index in [2.05, 4.69) is 45.8 Å². The zero-order valence-electron chi connectivity index (χ0n) is 15.3. The highest BCUT2D eigenvalue weighted by molar-refractivity contribution is 6.73. The molecule has 0 aromatic carbocycles. The van der Waals surface area contributed by atoms with Crippen LogP contribution < -0.4 is 0 Å². The Labute approximate surface area is 140 Å². The molecule has 0 aliphatic carbocycles. The van der Waals surface area contributed by atoms with E-state index < -0.39 is 8.32 Å². The molecule has 0 fully saturated rings. The quantitative estimate of drug-likeness (QED) is 0.163. The second-order valence-corrected chi connectivity index (χ2v) is 10.8. The van der Waals surface area contributed by atoms with Crippen molar-refractivity contribution in [1.29, 1.82) is 0 Å². The first kappa shape index (κ1) is 21.2. The molecular weight excluding hydrogens is 284 g/mol. The van der Waals surface area contributed by atoms with Gasteiger partial charge in [-0.2, -0.15) is 0 Å². The molecule has 0 aliphatic rings. The van der Waals surface area contributed by atoms with Crippen LogP contribution in [0.1, 0.15) is 66.2 Å². The fraction of sp³-hybridized carbons (Fsp3) is 0.700. The van der Waals surface area contributed by atoms with Crippen molar-refractivity contribution in [2.24, 2.45) is 0 Å². The zero-order chi connectivity index (χ0) is 16.9. The molecule has 0 radical (unpaired) electrons. The van der Waals surface area contributed by atoms with E-state index in [0.717, 1.165) is 38.5 Å². The van der Waals surface area contributed by atoms with Crippen LogP contribution in [0.5, 0.6) is 0 Å². The lowest BCUT2D eigenvalue weighted by Gasteiger charge is -2.40. The maximum Gasteiger partial charge on any atom is 0.194 e. The highest BCUT2D eigenvalue weighted by atomic mass is 28.4. The number of rotatable bonds is 13. The molecule has 22 heavy (non-hydrogen) atoms. The number of unbranched alkanes of at least 4 members (excludes halogenated alkanes) is 2. The Kier molecular flexibility index (Phi) is 11.3.